The molecule has 0 spiro atoms. The van der Waals surface area contributed by atoms with Gasteiger partial charge in [-0.15, -0.1) is 0 Å². The van der Waals surface area contributed by atoms with Crippen molar-refractivity contribution in [2.45, 2.75) is 44.9 Å². The summed E-state index contributed by atoms with van der Waals surface area (Å²) in [6, 6.07) is 0. The molecule has 1 atom stereocenters. The molecule has 0 radical (unpaired) electrons. The fraction of sp³-hybridized carbons (Fsp3) is 0.900. The zero-order valence-corrected chi connectivity index (χ0v) is 7.83. The van der Waals surface area contributed by atoms with Crippen molar-refractivity contribution >= 4 is 17.1 Å². The molecular formula is C10H16S. The molecule has 2 aliphatic carbocycles. The maximum atomic E-state index is 5.23. The van der Waals surface area contributed by atoms with Gasteiger partial charge in [0.1, 0.15) is 0 Å². The highest BCUT2D eigenvalue weighted by atomic mass is 32.1. The predicted octanol–water partition coefficient (Wildman–Crippen LogP) is 3.35. The van der Waals surface area contributed by atoms with Gasteiger partial charge in [-0.05, 0) is 36.0 Å². The van der Waals surface area contributed by atoms with E-state index in [4.69, 9.17) is 12.2 Å². The summed E-state index contributed by atoms with van der Waals surface area (Å²) in [6.45, 7) is 0. The minimum atomic E-state index is 0.991. The van der Waals surface area contributed by atoms with E-state index in [-0.39, 0.29) is 0 Å². The van der Waals surface area contributed by atoms with Crippen molar-refractivity contribution in [1.82, 2.24) is 0 Å². The normalized spacial score (nSPS) is 33.5. The zero-order chi connectivity index (χ0) is 7.68. The fourth-order valence-electron chi connectivity index (χ4n) is 2.67. The molecular weight excluding hydrogens is 152 g/mol. The Hall–Kier alpha value is 0.0900. The first-order valence-corrected chi connectivity index (χ1v) is 5.29. The van der Waals surface area contributed by atoms with E-state index in [1.54, 1.807) is 0 Å². The summed E-state index contributed by atoms with van der Waals surface area (Å²) in [5.74, 6) is 2.04. The quantitative estimate of drug-likeness (QED) is 0.541. The van der Waals surface area contributed by atoms with Crippen molar-refractivity contribution in [3.8, 4) is 0 Å². The van der Waals surface area contributed by atoms with Gasteiger partial charge in [-0.25, -0.2) is 0 Å². The first-order valence-electron chi connectivity index (χ1n) is 4.88. The fourth-order valence-corrected chi connectivity index (χ4v) is 3.01. The van der Waals surface area contributed by atoms with Crippen LogP contribution in [0.1, 0.15) is 44.9 Å². The average molecular weight is 168 g/mol. The molecule has 2 aliphatic rings. The Labute approximate surface area is 74.4 Å². The maximum Gasteiger partial charge on any atom is -0.00685 e. The highest BCUT2D eigenvalue weighted by molar-refractivity contribution is 7.80. The molecule has 0 aromatic carbocycles. The van der Waals surface area contributed by atoms with E-state index < -0.39 is 0 Å². The summed E-state index contributed by atoms with van der Waals surface area (Å²) in [7, 11) is 0. The predicted molar refractivity (Wildman–Crippen MR) is 51.9 cm³/mol. The number of hydrogen-bond donors (Lipinski definition) is 0. The first kappa shape index (κ1) is 7.72. The van der Waals surface area contributed by atoms with Crippen molar-refractivity contribution in [1.29, 1.82) is 0 Å². The Bertz CT molecular complexity index is 156. The monoisotopic (exact) mass is 168 g/mol. The molecule has 0 aromatic heterocycles. The first-order chi connectivity index (χ1) is 5.36. The Balaban J connectivity index is 1.90. The van der Waals surface area contributed by atoms with Crippen LogP contribution in [0.4, 0.5) is 0 Å². The Kier molecular flexibility index (Phi) is 2.26. The molecule has 2 fully saturated rings. The van der Waals surface area contributed by atoms with Crippen LogP contribution in [0.25, 0.3) is 0 Å². The summed E-state index contributed by atoms with van der Waals surface area (Å²) in [4.78, 5) is 1.35. The summed E-state index contributed by atoms with van der Waals surface area (Å²) in [5.41, 5.74) is 0. The van der Waals surface area contributed by atoms with Gasteiger partial charge in [0, 0.05) is 0 Å². The molecule has 2 saturated carbocycles. The molecule has 0 bridgehead atoms. The van der Waals surface area contributed by atoms with Gasteiger partial charge in [-0.1, -0.05) is 37.9 Å². The van der Waals surface area contributed by atoms with E-state index in [9.17, 15) is 0 Å². The second-order valence-corrected chi connectivity index (χ2v) is 4.66. The molecule has 11 heavy (non-hydrogen) atoms. The van der Waals surface area contributed by atoms with Crippen LogP contribution in [-0.4, -0.2) is 4.86 Å². The topological polar surface area (TPSA) is 0 Å². The van der Waals surface area contributed by atoms with Crippen LogP contribution >= 0.6 is 12.2 Å². The van der Waals surface area contributed by atoms with Crippen molar-refractivity contribution < 1.29 is 0 Å². The van der Waals surface area contributed by atoms with Crippen molar-refractivity contribution in [3.63, 3.8) is 0 Å². The molecule has 62 valence electrons. The average Bonchev–Trinajstić information content (AvgIpc) is 2.55. The van der Waals surface area contributed by atoms with Crippen molar-refractivity contribution in [2.24, 2.45) is 11.8 Å². The molecule has 2 rings (SSSR count). The second-order valence-electron chi connectivity index (χ2n) is 4.09. The largest absolute Gasteiger partial charge is 0.0897 e. The SMILES string of the molecule is S=C1CCC(C2CCCC2)C1. The molecule has 0 N–H and O–H groups in total. The van der Waals surface area contributed by atoms with Gasteiger partial charge in [-0.3, -0.25) is 0 Å². The van der Waals surface area contributed by atoms with Gasteiger partial charge < -0.3 is 0 Å². The lowest BCUT2D eigenvalue weighted by Gasteiger charge is -2.15. The molecule has 0 nitrogen and oxygen atoms in total. The molecule has 0 saturated heterocycles. The summed E-state index contributed by atoms with van der Waals surface area (Å²) >= 11 is 5.23. The van der Waals surface area contributed by atoms with E-state index >= 15 is 0 Å². The van der Waals surface area contributed by atoms with E-state index in [0.717, 1.165) is 11.8 Å². The zero-order valence-electron chi connectivity index (χ0n) is 7.01. The van der Waals surface area contributed by atoms with E-state index in [2.05, 4.69) is 0 Å². The Morgan fingerprint density at radius 1 is 1.00 bits per heavy atom. The molecule has 0 aromatic rings. The van der Waals surface area contributed by atoms with Gasteiger partial charge in [-0.2, -0.15) is 0 Å². The highest BCUT2D eigenvalue weighted by Gasteiger charge is 2.29. The van der Waals surface area contributed by atoms with E-state index in [1.807, 2.05) is 0 Å². The van der Waals surface area contributed by atoms with Crippen LogP contribution in [-0.2, 0) is 0 Å². The lowest BCUT2D eigenvalue weighted by Crippen LogP contribution is -2.07. The molecule has 1 unspecified atom stereocenters. The van der Waals surface area contributed by atoms with Crippen LogP contribution in [0.3, 0.4) is 0 Å². The van der Waals surface area contributed by atoms with E-state index in [1.165, 1.54) is 49.8 Å². The third kappa shape index (κ3) is 1.64. The van der Waals surface area contributed by atoms with Gasteiger partial charge in [0.25, 0.3) is 0 Å². The number of rotatable bonds is 1. The van der Waals surface area contributed by atoms with Crippen LogP contribution < -0.4 is 0 Å². The third-order valence-electron chi connectivity index (χ3n) is 3.35. The third-order valence-corrected chi connectivity index (χ3v) is 3.72. The van der Waals surface area contributed by atoms with Crippen LogP contribution in [0.15, 0.2) is 0 Å². The lowest BCUT2D eigenvalue weighted by atomic mass is 9.90. The minimum absolute atomic E-state index is 0.991. The number of hydrogen-bond acceptors (Lipinski definition) is 1. The summed E-state index contributed by atoms with van der Waals surface area (Å²) < 4.78 is 0. The molecule has 0 heterocycles. The maximum absolute atomic E-state index is 5.23. The van der Waals surface area contributed by atoms with Gasteiger partial charge >= 0.3 is 0 Å². The summed E-state index contributed by atoms with van der Waals surface area (Å²) in [6.07, 6.45) is 9.88. The standard InChI is InChI=1S/C10H16S/c11-10-6-5-9(7-10)8-3-1-2-4-8/h8-9H,1-7H2. The van der Waals surface area contributed by atoms with Crippen LogP contribution in [0.5, 0.6) is 0 Å². The molecule has 0 amide bonds. The lowest BCUT2D eigenvalue weighted by molar-refractivity contribution is 0.354. The van der Waals surface area contributed by atoms with Crippen LogP contribution in [0.2, 0.25) is 0 Å². The van der Waals surface area contributed by atoms with Gasteiger partial charge in [0.05, 0.1) is 0 Å². The summed E-state index contributed by atoms with van der Waals surface area (Å²) in [5, 5.41) is 0. The highest BCUT2D eigenvalue weighted by Crippen LogP contribution is 2.39. The second kappa shape index (κ2) is 3.22. The van der Waals surface area contributed by atoms with Crippen molar-refractivity contribution in [3.05, 3.63) is 0 Å². The number of thiocarbonyl (C=S) groups is 1. The molecule has 0 aliphatic heterocycles. The van der Waals surface area contributed by atoms with Gasteiger partial charge in [0.15, 0.2) is 0 Å². The minimum Gasteiger partial charge on any atom is -0.0897 e. The Morgan fingerprint density at radius 2 is 1.73 bits per heavy atom. The molecule has 1 heteroatoms. The van der Waals surface area contributed by atoms with Crippen LogP contribution in [0, 0.1) is 11.8 Å². The van der Waals surface area contributed by atoms with E-state index in [0.29, 0.717) is 0 Å². The smallest absolute Gasteiger partial charge is 0.00685 e. The van der Waals surface area contributed by atoms with Gasteiger partial charge in [0.2, 0.25) is 0 Å². The Morgan fingerprint density at radius 3 is 2.27 bits per heavy atom. The van der Waals surface area contributed by atoms with Crippen molar-refractivity contribution in [2.75, 3.05) is 0 Å².